The molecule has 3 atom stereocenters. The summed E-state index contributed by atoms with van der Waals surface area (Å²) in [6, 6.07) is 10.8. The van der Waals surface area contributed by atoms with Crippen LogP contribution in [-0.2, 0) is 32.1 Å². The number of ether oxygens (including phenoxy) is 2. The molecule has 0 bridgehead atoms. The van der Waals surface area contributed by atoms with E-state index in [0.29, 0.717) is 11.1 Å². The van der Waals surface area contributed by atoms with Crippen LogP contribution in [0.25, 0.3) is 0 Å². The highest BCUT2D eigenvalue weighted by atomic mass is 32.2. The topological polar surface area (TPSA) is 200 Å². The molecule has 0 saturated carbocycles. The molecule has 2 heterocycles. The molecule has 0 radical (unpaired) electrons. The largest absolute Gasteiger partial charge is 0.508 e. The molecule has 1 saturated heterocycles. The average Bonchev–Trinajstić information content (AvgIpc) is 3.16. The maximum absolute atomic E-state index is 12.9. The summed E-state index contributed by atoms with van der Waals surface area (Å²) in [5.74, 6) is -3.05. The van der Waals surface area contributed by atoms with Crippen molar-refractivity contribution in [2.75, 3.05) is 6.61 Å². The van der Waals surface area contributed by atoms with Crippen LogP contribution < -0.4 is 0 Å². The van der Waals surface area contributed by atoms with E-state index in [1.807, 2.05) is 0 Å². The predicted octanol–water partition coefficient (Wildman–Crippen LogP) is 2.98. The third-order valence-electron chi connectivity index (χ3n) is 6.25. The van der Waals surface area contributed by atoms with Crippen LogP contribution in [0.4, 0.5) is 16.2 Å². The van der Waals surface area contributed by atoms with Crippen LogP contribution in [-0.4, -0.2) is 60.6 Å². The number of nitro benzene ring substituents is 2. The number of non-ortho nitro benzene ring substituents is 2. The molecule has 1 amide bonds. The van der Waals surface area contributed by atoms with Gasteiger partial charge >= 0.3 is 12.1 Å². The summed E-state index contributed by atoms with van der Waals surface area (Å²) in [5, 5.41) is 42.0. The minimum atomic E-state index is -1.44. The normalized spacial score (nSPS) is 20.6. The first-order chi connectivity index (χ1) is 18.4. The van der Waals surface area contributed by atoms with E-state index >= 15 is 0 Å². The van der Waals surface area contributed by atoms with Crippen molar-refractivity contribution in [2.24, 2.45) is 5.92 Å². The lowest BCUT2D eigenvalue weighted by atomic mass is 9.78. The second-order valence-electron chi connectivity index (χ2n) is 8.77. The Balaban J connectivity index is 1.49. The van der Waals surface area contributed by atoms with Gasteiger partial charge in [0.2, 0.25) is 5.91 Å². The summed E-state index contributed by atoms with van der Waals surface area (Å²) in [6.45, 7) is 0.611. The van der Waals surface area contributed by atoms with Crippen molar-refractivity contribution in [3.8, 4) is 0 Å². The molecule has 2 aromatic carbocycles. The molecule has 15 heteroatoms. The Bertz CT molecular complexity index is 1370. The molecule has 2 N–H and O–H groups in total. The second kappa shape index (κ2) is 10.7. The zero-order valence-corrected chi connectivity index (χ0v) is 21.0. The van der Waals surface area contributed by atoms with Gasteiger partial charge in [-0.05, 0) is 30.2 Å². The quantitative estimate of drug-likeness (QED) is 0.187. The van der Waals surface area contributed by atoms with Gasteiger partial charge in [0, 0.05) is 30.7 Å². The van der Waals surface area contributed by atoms with Crippen molar-refractivity contribution in [3.63, 3.8) is 0 Å². The van der Waals surface area contributed by atoms with E-state index in [4.69, 9.17) is 9.47 Å². The molecular weight excluding hydrogens is 538 g/mol. The zero-order chi connectivity index (χ0) is 28.5. The van der Waals surface area contributed by atoms with Crippen LogP contribution in [0.15, 0.2) is 59.1 Å². The number of nitrogens with zero attached hydrogens (tertiary/aromatic N) is 3. The fourth-order valence-corrected chi connectivity index (χ4v) is 6.31. The predicted molar refractivity (Wildman–Crippen MR) is 133 cm³/mol. The Hall–Kier alpha value is -4.50. The third kappa shape index (κ3) is 5.26. The van der Waals surface area contributed by atoms with E-state index in [-0.39, 0.29) is 29.3 Å². The Morgan fingerprint density at radius 2 is 1.51 bits per heavy atom. The van der Waals surface area contributed by atoms with Crippen LogP contribution >= 0.6 is 11.8 Å². The first-order valence-electron chi connectivity index (χ1n) is 11.4. The number of aliphatic carboxylic acids is 1. The molecule has 0 aromatic heterocycles. The first kappa shape index (κ1) is 27.5. The average molecular weight is 560 g/mol. The molecular formula is C24H21N3O11S. The van der Waals surface area contributed by atoms with Crippen molar-refractivity contribution >= 4 is 41.2 Å². The summed E-state index contributed by atoms with van der Waals surface area (Å²) < 4.78 is 10.1. The molecule has 0 aliphatic carbocycles. The highest BCUT2D eigenvalue weighted by Crippen LogP contribution is 2.60. The van der Waals surface area contributed by atoms with Crippen LogP contribution in [0.2, 0.25) is 0 Å². The lowest BCUT2D eigenvalue weighted by Crippen LogP contribution is -2.70. The Morgan fingerprint density at radius 1 is 1.00 bits per heavy atom. The van der Waals surface area contributed by atoms with Gasteiger partial charge in [0.1, 0.15) is 23.8 Å². The van der Waals surface area contributed by atoms with E-state index in [9.17, 15) is 44.8 Å². The number of hydrogen-bond donors (Lipinski definition) is 2. The number of carbonyl (C=O) groups excluding carboxylic acids is 2. The number of benzene rings is 2. The first-order valence-corrected chi connectivity index (χ1v) is 12.2. The van der Waals surface area contributed by atoms with Crippen molar-refractivity contribution in [2.45, 2.75) is 30.9 Å². The number of β-lactam (4-membered cyclic amide) rings is 1. The Morgan fingerprint density at radius 3 is 2.00 bits per heavy atom. The minimum Gasteiger partial charge on any atom is -0.477 e. The number of aliphatic hydroxyl groups is 1. The van der Waals surface area contributed by atoms with Gasteiger partial charge in [-0.2, -0.15) is 0 Å². The van der Waals surface area contributed by atoms with Gasteiger partial charge in [-0.3, -0.25) is 29.9 Å². The number of carbonyl (C=O) groups is 3. The number of fused-ring (bicyclic) bond motifs is 1. The molecule has 1 fully saturated rings. The number of hydrogen-bond acceptors (Lipinski definition) is 11. The van der Waals surface area contributed by atoms with Gasteiger partial charge in [-0.1, -0.05) is 23.9 Å². The number of aliphatic hydroxyl groups excluding tert-OH is 1. The van der Waals surface area contributed by atoms with Crippen molar-refractivity contribution in [1.82, 2.24) is 4.90 Å². The fourth-order valence-electron chi connectivity index (χ4n) is 4.56. The van der Waals surface area contributed by atoms with Gasteiger partial charge < -0.3 is 19.7 Å². The van der Waals surface area contributed by atoms with Crippen LogP contribution in [0.1, 0.15) is 18.1 Å². The molecule has 14 nitrogen and oxygen atoms in total. The molecule has 4 rings (SSSR count). The lowest BCUT2D eigenvalue weighted by molar-refractivity contribution is -0.385. The summed E-state index contributed by atoms with van der Waals surface area (Å²) in [6.07, 6.45) is -2.22. The van der Waals surface area contributed by atoms with Crippen molar-refractivity contribution in [3.05, 3.63) is 90.5 Å². The van der Waals surface area contributed by atoms with E-state index in [2.05, 4.69) is 0 Å². The summed E-state index contributed by atoms with van der Waals surface area (Å²) in [7, 11) is 0. The maximum Gasteiger partial charge on any atom is 0.508 e. The molecule has 204 valence electrons. The van der Waals surface area contributed by atoms with Crippen LogP contribution in [0.3, 0.4) is 0 Å². The Labute approximate surface area is 224 Å². The van der Waals surface area contributed by atoms with Gasteiger partial charge in [0.15, 0.2) is 0 Å². The van der Waals surface area contributed by atoms with E-state index < -0.39 is 57.1 Å². The number of thioether (sulfide) groups is 1. The molecule has 2 aliphatic heterocycles. The van der Waals surface area contributed by atoms with Crippen molar-refractivity contribution in [1.29, 1.82) is 0 Å². The van der Waals surface area contributed by atoms with E-state index in [0.717, 1.165) is 16.7 Å². The van der Waals surface area contributed by atoms with Crippen molar-refractivity contribution < 1.29 is 43.9 Å². The highest BCUT2D eigenvalue weighted by Gasteiger charge is 2.68. The fraction of sp³-hybridized carbons (Fsp3) is 0.292. The number of rotatable bonds is 10. The number of nitro groups is 2. The zero-order valence-electron chi connectivity index (χ0n) is 20.2. The standard InChI is InChI=1S/C24H21N3O11S/c1-13(28)19-21(29)25-20(22(30)31)18(39-24(19,25)10-14-2-6-16(7-3-14)26(33)34)12-38-23(32)37-11-15-4-8-17(9-5-15)27(35)36/h2-9,13,19,28H,10-12H2,1H3,(H,30,31)/t13-,19+,24-/m1/s1. The molecule has 39 heavy (non-hydrogen) atoms. The van der Waals surface area contributed by atoms with Gasteiger partial charge in [-0.25, -0.2) is 9.59 Å². The lowest BCUT2D eigenvalue weighted by Gasteiger charge is -2.54. The smallest absolute Gasteiger partial charge is 0.477 e. The second-order valence-corrected chi connectivity index (χ2v) is 10.2. The molecule has 2 aromatic rings. The monoisotopic (exact) mass is 559 g/mol. The minimum absolute atomic E-state index is 0.0493. The molecule has 2 aliphatic rings. The van der Waals surface area contributed by atoms with Crippen LogP contribution in [0.5, 0.6) is 0 Å². The molecule has 0 spiro atoms. The molecule has 0 unspecified atom stereocenters. The summed E-state index contributed by atoms with van der Waals surface area (Å²) in [4.78, 5) is 57.7. The number of amides is 1. The SMILES string of the molecule is C[C@@H](O)[C@H]1C(=O)N2C(C(=O)O)=C(COC(=O)OCc3ccc([N+](=O)[O-])cc3)S[C@]12Cc1ccc([N+](=O)[O-])cc1. The van der Waals surface area contributed by atoms with Gasteiger partial charge in [-0.15, -0.1) is 0 Å². The Kier molecular flexibility index (Phi) is 7.56. The third-order valence-corrected chi connectivity index (χ3v) is 7.75. The summed E-state index contributed by atoms with van der Waals surface area (Å²) >= 11 is 0.964. The van der Waals surface area contributed by atoms with Gasteiger partial charge in [0.25, 0.3) is 11.4 Å². The van der Waals surface area contributed by atoms with Gasteiger partial charge in [0.05, 0.1) is 26.8 Å². The number of carboxylic acid groups (broad SMARTS) is 1. The van der Waals surface area contributed by atoms with E-state index in [1.165, 1.54) is 55.5 Å². The summed E-state index contributed by atoms with van der Waals surface area (Å²) in [5.41, 5.74) is 0.340. The highest BCUT2D eigenvalue weighted by molar-refractivity contribution is 8.04. The van der Waals surface area contributed by atoms with Crippen LogP contribution in [0, 0.1) is 26.1 Å². The van der Waals surface area contributed by atoms with E-state index in [1.54, 1.807) is 0 Å². The maximum atomic E-state index is 12.9. The number of carboxylic acids is 1.